The maximum Gasteiger partial charge on any atom is 0.331 e. The minimum Gasteiger partial charge on any atom is -0.481 e. The van der Waals surface area contributed by atoms with E-state index in [1.807, 2.05) is 84.9 Å². The van der Waals surface area contributed by atoms with Gasteiger partial charge in [-0.1, -0.05) is 109 Å². The van der Waals surface area contributed by atoms with Crippen molar-refractivity contribution in [3.8, 4) is 11.1 Å². The van der Waals surface area contributed by atoms with Crippen LogP contribution in [0.25, 0.3) is 11.1 Å². The summed E-state index contributed by atoms with van der Waals surface area (Å²) in [6.07, 6.45) is 6.90. The monoisotopic (exact) mass is 606 g/mol. The van der Waals surface area contributed by atoms with E-state index in [9.17, 15) is 24.3 Å². The zero-order chi connectivity index (χ0) is 31.8. The summed E-state index contributed by atoms with van der Waals surface area (Å²) in [6.45, 7) is 1.61. The quantitative estimate of drug-likeness (QED) is 0.243. The van der Waals surface area contributed by atoms with Gasteiger partial charge >= 0.3 is 17.9 Å². The molecule has 3 aromatic rings. The summed E-state index contributed by atoms with van der Waals surface area (Å²) in [4.78, 5) is 51.0. The Morgan fingerprint density at radius 3 is 2.16 bits per heavy atom. The van der Waals surface area contributed by atoms with Crippen LogP contribution < -0.4 is 10.6 Å². The van der Waals surface area contributed by atoms with Crippen LogP contribution in [0.5, 0.6) is 0 Å². The molecule has 9 nitrogen and oxygen atoms in total. The molecule has 1 aliphatic heterocycles. The fourth-order valence-electron chi connectivity index (χ4n) is 5.28. The number of allylic oxidation sites excluding steroid dienone is 3. The number of carboxylic acid groups (broad SMARTS) is 1. The first-order chi connectivity index (χ1) is 21.8. The fourth-order valence-corrected chi connectivity index (χ4v) is 5.28. The van der Waals surface area contributed by atoms with Crippen molar-refractivity contribution >= 4 is 23.8 Å². The zero-order valence-corrected chi connectivity index (χ0v) is 24.7. The van der Waals surface area contributed by atoms with Gasteiger partial charge in [0.05, 0.1) is 18.0 Å². The van der Waals surface area contributed by atoms with Gasteiger partial charge in [0.25, 0.3) is 5.95 Å². The van der Waals surface area contributed by atoms with Crippen LogP contribution in [0.4, 0.5) is 0 Å². The Bertz CT molecular complexity index is 1630. The van der Waals surface area contributed by atoms with Crippen LogP contribution in [0.2, 0.25) is 0 Å². The van der Waals surface area contributed by atoms with Crippen molar-refractivity contribution in [1.29, 1.82) is 0 Å². The molecular weight excluding hydrogens is 572 g/mol. The lowest BCUT2D eigenvalue weighted by Crippen LogP contribution is -2.54. The standard InChI is InChI=1S/C36H34N2O7/c1-23(20-32(39)40)37-33(41)30(21-25-16-18-27(19-17-25)26-12-6-3-7-13-26)38-31(22-24-10-4-2-5-11-24)35(43)45-36-29-15-9-8-14-28(29)34(42)44-36/h2-19,23,28,30-31,38H,20-22H2,1H3,(H,37,41)(H,39,40)/t23-,28?,30+,31?/m1/s1. The first-order valence-corrected chi connectivity index (χ1v) is 14.8. The molecule has 1 amide bonds. The van der Waals surface area contributed by atoms with Gasteiger partial charge in [-0.3, -0.25) is 19.7 Å². The lowest BCUT2D eigenvalue weighted by atomic mass is 9.97. The van der Waals surface area contributed by atoms with Gasteiger partial charge in [0.15, 0.2) is 0 Å². The van der Waals surface area contributed by atoms with Gasteiger partial charge in [0.1, 0.15) is 12.0 Å². The van der Waals surface area contributed by atoms with E-state index in [0.29, 0.717) is 5.57 Å². The molecule has 0 saturated carbocycles. The van der Waals surface area contributed by atoms with E-state index in [1.54, 1.807) is 31.2 Å². The largest absolute Gasteiger partial charge is 0.481 e. The van der Waals surface area contributed by atoms with Gasteiger partial charge in [0, 0.05) is 6.04 Å². The summed E-state index contributed by atoms with van der Waals surface area (Å²) in [5, 5.41) is 15.2. The molecule has 3 aromatic carbocycles. The molecular formula is C36H34N2O7. The van der Waals surface area contributed by atoms with Crippen LogP contribution in [0.3, 0.4) is 0 Å². The van der Waals surface area contributed by atoms with Crippen LogP contribution in [0, 0.1) is 5.92 Å². The number of benzene rings is 3. The predicted molar refractivity (Wildman–Crippen MR) is 167 cm³/mol. The van der Waals surface area contributed by atoms with Crippen LogP contribution in [0.1, 0.15) is 24.5 Å². The average Bonchev–Trinajstić information content (AvgIpc) is 3.35. The molecule has 5 rings (SSSR count). The van der Waals surface area contributed by atoms with E-state index in [4.69, 9.17) is 9.47 Å². The van der Waals surface area contributed by atoms with Crippen LogP contribution in [-0.4, -0.2) is 47.0 Å². The van der Waals surface area contributed by atoms with E-state index in [0.717, 1.165) is 22.3 Å². The molecule has 2 aliphatic rings. The highest BCUT2D eigenvalue weighted by Crippen LogP contribution is 2.32. The highest BCUT2D eigenvalue weighted by molar-refractivity contribution is 5.87. The second-order valence-corrected chi connectivity index (χ2v) is 11.0. The van der Waals surface area contributed by atoms with Crippen molar-refractivity contribution in [2.75, 3.05) is 0 Å². The molecule has 4 atom stereocenters. The topological polar surface area (TPSA) is 131 Å². The zero-order valence-electron chi connectivity index (χ0n) is 24.7. The smallest absolute Gasteiger partial charge is 0.331 e. The van der Waals surface area contributed by atoms with Crippen molar-refractivity contribution in [1.82, 2.24) is 10.6 Å². The summed E-state index contributed by atoms with van der Waals surface area (Å²) < 4.78 is 11.0. The van der Waals surface area contributed by atoms with Gasteiger partial charge in [-0.2, -0.15) is 0 Å². The number of aliphatic carboxylic acids is 1. The second-order valence-electron chi connectivity index (χ2n) is 11.0. The van der Waals surface area contributed by atoms with Gasteiger partial charge in [-0.15, -0.1) is 0 Å². The number of esters is 2. The van der Waals surface area contributed by atoms with Gasteiger partial charge in [-0.25, -0.2) is 4.79 Å². The maximum atomic E-state index is 13.7. The molecule has 3 N–H and O–H groups in total. The fraction of sp³-hybridized carbons (Fsp3) is 0.222. The molecule has 0 fully saturated rings. The third-order valence-electron chi connectivity index (χ3n) is 7.56. The molecule has 0 bridgehead atoms. The Balaban J connectivity index is 1.40. The SMILES string of the molecule is C[C@H](CC(=O)O)NC(=O)[C@H](Cc1ccc(-c2ccccc2)cc1)NC(Cc1ccccc1)C(=O)OC1=C2C=CC=CC2C(=O)O1. The van der Waals surface area contributed by atoms with Gasteiger partial charge < -0.3 is 19.9 Å². The molecule has 1 aliphatic carbocycles. The molecule has 2 unspecified atom stereocenters. The number of fused-ring (bicyclic) bond motifs is 1. The number of carboxylic acids is 1. The summed E-state index contributed by atoms with van der Waals surface area (Å²) >= 11 is 0. The maximum absolute atomic E-state index is 13.7. The molecule has 0 saturated heterocycles. The highest BCUT2D eigenvalue weighted by atomic mass is 16.7. The number of amides is 1. The Labute approximate surface area is 261 Å². The highest BCUT2D eigenvalue weighted by Gasteiger charge is 2.38. The lowest BCUT2D eigenvalue weighted by Gasteiger charge is -2.26. The second kappa shape index (κ2) is 14.5. The van der Waals surface area contributed by atoms with Crippen LogP contribution >= 0.6 is 0 Å². The first kappa shape index (κ1) is 31.2. The summed E-state index contributed by atoms with van der Waals surface area (Å²) in [5.74, 6) is -3.59. The lowest BCUT2D eigenvalue weighted by molar-refractivity contribution is -0.153. The molecule has 230 valence electrons. The average molecular weight is 607 g/mol. The summed E-state index contributed by atoms with van der Waals surface area (Å²) in [6, 6.07) is 24.3. The van der Waals surface area contributed by atoms with Crippen LogP contribution in [-0.2, 0) is 41.5 Å². The van der Waals surface area contributed by atoms with Gasteiger partial charge in [0.2, 0.25) is 5.91 Å². The first-order valence-electron chi connectivity index (χ1n) is 14.8. The Morgan fingerprint density at radius 1 is 0.844 bits per heavy atom. The summed E-state index contributed by atoms with van der Waals surface area (Å²) in [5.41, 5.74) is 4.16. The third-order valence-corrected chi connectivity index (χ3v) is 7.56. The van der Waals surface area contributed by atoms with Crippen molar-refractivity contribution in [2.24, 2.45) is 5.92 Å². The Morgan fingerprint density at radius 2 is 1.47 bits per heavy atom. The van der Waals surface area contributed by atoms with E-state index >= 15 is 0 Å². The number of hydrogen-bond donors (Lipinski definition) is 3. The number of cyclic esters (lactones) is 1. The molecule has 45 heavy (non-hydrogen) atoms. The predicted octanol–water partition coefficient (Wildman–Crippen LogP) is 4.50. The van der Waals surface area contributed by atoms with E-state index < -0.39 is 47.9 Å². The molecule has 9 heteroatoms. The molecule has 0 spiro atoms. The number of carbonyl (C=O) groups excluding carboxylic acids is 3. The van der Waals surface area contributed by atoms with Crippen molar-refractivity contribution in [3.05, 3.63) is 132 Å². The number of nitrogens with one attached hydrogen (secondary N) is 2. The van der Waals surface area contributed by atoms with Crippen molar-refractivity contribution in [3.63, 3.8) is 0 Å². The van der Waals surface area contributed by atoms with E-state index in [2.05, 4.69) is 10.6 Å². The third kappa shape index (κ3) is 8.21. The van der Waals surface area contributed by atoms with E-state index in [1.165, 1.54) is 0 Å². The normalized spacial score (nSPS) is 17.2. The molecule has 0 aromatic heterocycles. The van der Waals surface area contributed by atoms with Gasteiger partial charge in [-0.05, 0) is 42.0 Å². The Kier molecular flexibility index (Phi) is 10.0. The number of rotatable bonds is 13. The van der Waals surface area contributed by atoms with Crippen LogP contribution in [0.15, 0.2) is 121 Å². The van der Waals surface area contributed by atoms with Crippen molar-refractivity contribution in [2.45, 2.75) is 44.3 Å². The molecule has 1 heterocycles. The van der Waals surface area contributed by atoms with E-state index in [-0.39, 0.29) is 25.2 Å². The summed E-state index contributed by atoms with van der Waals surface area (Å²) in [7, 11) is 0. The number of hydrogen-bond acceptors (Lipinski definition) is 7. The number of carbonyl (C=O) groups is 4. The minimum absolute atomic E-state index is 0.177. The Hall–Kier alpha value is -5.28. The number of ether oxygens (including phenoxy) is 2. The van der Waals surface area contributed by atoms with Crippen molar-refractivity contribution < 1.29 is 33.8 Å². The minimum atomic E-state index is -1.04. The molecule has 0 radical (unpaired) electrons.